The number of esters is 1. The average Bonchev–Trinajstić information content (AvgIpc) is 2.82. The number of anilines is 1. The summed E-state index contributed by atoms with van der Waals surface area (Å²) in [5, 5.41) is 10.3. The highest BCUT2D eigenvalue weighted by Crippen LogP contribution is 2.62. The van der Waals surface area contributed by atoms with Crippen molar-refractivity contribution in [3.05, 3.63) is 11.8 Å². The third-order valence-corrected chi connectivity index (χ3v) is 6.41. The first-order valence-corrected chi connectivity index (χ1v) is 9.01. The van der Waals surface area contributed by atoms with Gasteiger partial charge in [-0.05, 0) is 57.3 Å². The number of nitrogens with zero attached hydrogens (tertiary/aromatic N) is 2. The second kappa shape index (κ2) is 5.47. The Morgan fingerprint density at radius 2 is 1.96 bits per heavy atom. The van der Waals surface area contributed by atoms with E-state index in [2.05, 4.69) is 15.7 Å². The Morgan fingerprint density at radius 3 is 2.52 bits per heavy atom. The first-order chi connectivity index (χ1) is 11.8. The average molecular weight is 346 g/mol. The molecule has 7 nitrogen and oxygen atoms in total. The lowest BCUT2D eigenvalue weighted by Gasteiger charge is -2.60. The number of carbonyl (C=O) groups is 2. The van der Waals surface area contributed by atoms with Gasteiger partial charge in [-0.25, -0.2) is 4.79 Å². The van der Waals surface area contributed by atoms with Crippen molar-refractivity contribution in [1.82, 2.24) is 15.1 Å². The van der Waals surface area contributed by atoms with Crippen LogP contribution in [0, 0.1) is 24.2 Å². The molecule has 7 heteroatoms. The Morgan fingerprint density at radius 1 is 1.28 bits per heavy atom. The van der Waals surface area contributed by atoms with Crippen molar-refractivity contribution in [2.75, 3.05) is 12.4 Å². The fraction of sp³-hybridized carbons (Fsp3) is 0.722. The minimum Gasteiger partial charge on any atom is -0.469 e. The number of ether oxygens (including phenoxy) is 1. The van der Waals surface area contributed by atoms with Crippen LogP contribution in [0.3, 0.4) is 0 Å². The van der Waals surface area contributed by atoms with Crippen LogP contribution in [-0.4, -0.2) is 34.4 Å². The molecule has 5 rings (SSSR count). The van der Waals surface area contributed by atoms with Crippen LogP contribution in [-0.2, 0) is 16.6 Å². The van der Waals surface area contributed by atoms with Crippen molar-refractivity contribution in [2.24, 2.45) is 24.3 Å². The molecule has 136 valence electrons. The molecule has 2 amide bonds. The summed E-state index contributed by atoms with van der Waals surface area (Å²) in [7, 11) is 3.31. The van der Waals surface area contributed by atoms with Crippen LogP contribution in [0.1, 0.15) is 44.2 Å². The second-order valence-electron chi connectivity index (χ2n) is 8.39. The molecule has 4 aliphatic carbocycles. The molecule has 1 aromatic heterocycles. The minimum absolute atomic E-state index is 0.103. The van der Waals surface area contributed by atoms with Gasteiger partial charge in [0.05, 0.1) is 12.5 Å². The molecule has 2 atom stereocenters. The van der Waals surface area contributed by atoms with Crippen molar-refractivity contribution in [1.29, 1.82) is 0 Å². The van der Waals surface area contributed by atoms with E-state index in [-0.39, 0.29) is 17.5 Å². The molecule has 4 bridgehead atoms. The Hall–Kier alpha value is -2.05. The molecular formula is C18H26N4O3. The van der Waals surface area contributed by atoms with E-state index in [0.717, 1.165) is 31.4 Å². The van der Waals surface area contributed by atoms with Crippen LogP contribution in [0.15, 0.2) is 6.07 Å². The molecule has 2 N–H and O–H groups in total. The van der Waals surface area contributed by atoms with Gasteiger partial charge in [0.25, 0.3) is 0 Å². The number of nitrogens with one attached hydrogen (secondary N) is 2. The van der Waals surface area contributed by atoms with Crippen molar-refractivity contribution >= 4 is 17.8 Å². The van der Waals surface area contributed by atoms with E-state index in [1.165, 1.54) is 13.5 Å². The zero-order valence-corrected chi connectivity index (χ0v) is 15.1. The highest BCUT2D eigenvalue weighted by atomic mass is 16.5. The SMILES string of the molecule is COC(=O)C12CC3CC(CC(NC(=O)Nc4cc(C)n(C)n4)(C3)C1)C2. The van der Waals surface area contributed by atoms with E-state index >= 15 is 0 Å². The minimum atomic E-state index is -0.409. The van der Waals surface area contributed by atoms with Gasteiger partial charge in [-0.1, -0.05) is 0 Å². The topological polar surface area (TPSA) is 85.2 Å². The van der Waals surface area contributed by atoms with Crippen molar-refractivity contribution in [3.63, 3.8) is 0 Å². The Balaban J connectivity index is 1.51. The number of urea groups is 1. The Kier molecular flexibility index (Phi) is 3.60. The van der Waals surface area contributed by atoms with Gasteiger partial charge in [0, 0.05) is 24.3 Å². The fourth-order valence-electron chi connectivity index (χ4n) is 5.87. The zero-order chi connectivity index (χ0) is 17.8. The maximum atomic E-state index is 12.6. The van der Waals surface area contributed by atoms with Crippen molar-refractivity contribution in [2.45, 2.75) is 51.0 Å². The van der Waals surface area contributed by atoms with Crippen molar-refractivity contribution in [3.8, 4) is 0 Å². The number of aromatic nitrogens is 2. The third-order valence-electron chi connectivity index (χ3n) is 6.41. The largest absolute Gasteiger partial charge is 0.469 e. The number of hydrogen-bond acceptors (Lipinski definition) is 4. The molecule has 4 saturated carbocycles. The molecule has 0 radical (unpaired) electrons. The Labute approximate surface area is 147 Å². The van der Waals surface area contributed by atoms with E-state index in [9.17, 15) is 9.59 Å². The predicted molar refractivity (Wildman–Crippen MR) is 92.0 cm³/mol. The molecule has 0 aromatic carbocycles. The monoisotopic (exact) mass is 346 g/mol. The lowest BCUT2D eigenvalue weighted by molar-refractivity contribution is -0.171. The Bertz CT molecular complexity index is 692. The quantitative estimate of drug-likeness (QED) is 0.823. The standard InChI is InChI=1S/C18H26N4O3/c1-11-4-14(21-22(11)2)19-16(24)20-18-8-12-5-13(9-18)7-17(6-12,10-18)15(23)25-3/h4,12-13H,5-10H2,1-3H3,(H2,19,20,21,24). The first-order valence-electron chi connectivity index (χ1n) is 9.01. The fourth-order valence-corrected chi connectivity index (χ4v) is 5.87. The summed E-state index contributed by atoms with van der Waals surface area (Å²) in [5.41, 5.74) is 0.273. The van der Waals surface area contributed by atoms with Gasteiger partial charge in [-0.3, -0.25) is 14.8 Å². The molecule has 0 saturated heterocycles. The normalized spacial score (nSPS) is 35.5. The molecule has 2 unspecified atom stereocenters. The third kappa shape index (κ3) is 2.69. The van der Waals surface area contributed by atoms with E-state index < -0.39 is 5.41 Å². The predicted octanol–water partition coefficient (Wildman–Crippen LogP) is 2.36. The molecule has 0 aliphatic heterocycles. The molecule has 0 spiro atoms. The van der Waals surface area contributed by atoms with Gasteiger partial charge in [0.1, 0.15) is 0 Å². The van der Waals surface area contributed by atoms with Crippen LogP contribution < -0.4 is 10.6 Å². The van der Waals surface area contributed by atoms with Gasteiger partial charge >= 0.3 is 12.0 Å². The van der Waals surface area contributed by atoms with E-state index in [0.29, 0.717) is 24.1 Å². The molecule has 1 heterocycles. The van der Waals surface area contributed by atoms with Gasteiger partial charge in [-0.2, -0.15) is 5.10 Å². The van der Waals surface area contributed by atoms with Crippen LogP contribution in [0.4, 0.5) is 10.6 Å². The summed E-state index contributed by atoms with van der Waals surface area (Å²) in [6.07, 6.45) is 5.58. The highest BCUT2D eigenvalue weighted by Gasteiger charge is 2.61. The van der Waals surface area contributed by atoms with Gasteiger partial charge < -0.3 is 10.1 Å². The number of methoxy groups -OCH3 is 1. The van der Waals surface area contributed by atoms with Crippen LogP contribution in [0.25, 0.3) is 0 Å². The molecule has 25 heavy (non-hydrogen) atoms. The lowest BCUT2D eigenvalue weighted by atomic mass is 9.47. The van der Waals surface area contributed by atoms with E-state index in [1.54, 1.807) is 4.68 Å². The molecule has 4 aliphatic rings. The van der Waals surface area contributed by atoms with Crippen LogP contribution in [0.2, 0.25) is 0 Å². The summed E-state index contributed by atoms with van der Waals surface area (Å²) in [4.78, 5) is 25.0. The summed E-state index contributed by atoms with van der Waals surface area (Å²) >= 11 is 0. The van der Waals surface area contributed by atoms with Crippen LogP contribution in [0.5, 0.6) is 0 Å². The van der Waals surface area contributed by atoms with Gasteiger partial charge in [-0.15, -0.1) is 0 Å². The number of rotatable bonds is 3. The van der Waals surface area contributed by atoms with Gasteiger partial charge in [0.2, 0.25) is 0 Å². The summed E-state index contributed by atoms with van der Waals surface area (Å²) in [6, 6.07) is 1.61. The molecular weight excluding hydrogens is 320 g/mol. The maximum absolute atomic E-state index is 12.6. The highest BCUT2D eigenvalue weighted by molar-refractivity contribution is 5.89. The van der Waals surface area contributed by atoms with E-state index in [4.69, 9.17) is 4.74 Å². The molecule has 4 fully saturated rings. The number of aryl methyl sites for hydroxylation is 2. The first kappa shape index (κ1) is 16.4. The summed E-state index contributed by atoms with van der Waals surface area (Å²) < 4.78 is 6.85. The number of hydrogen-bond donors (Lipinski definition) is 2. The lowest BCUT2D eigenvalue weighted by Crippen LogP contribution is -2.65. The van der Waals surface area contributed by atoms with Crippen LogP contribution >= 0.6 is 0 Å². The van der Waals surface area contributed by atoms with Crippen molar-refractivity contribution < 1.29 is 14.3 Å². The van der Waals surface area contributed by atoms with E-state index in [1.807, 2.05) is 20.0 Å². The second-order valence-corrected chi connectivity index (χ2v) is 8.39. The summed E-state index contributed by atoms with van der Waals surface area (Å²) in [5.74, 6) is 1.44. The molecule has 1 aromatic rings. The summed E-state index contributed by atoms with van der Waals surface area (Å²) in [6.45, 7) is 1.94. The number of amides is 2. The van der Waals surface area contributed by atoms with Gasteiger partial charge in [0.15, 0.2) is 5.82 Å². The smallest absolute Gasteiger partial charge is 0.320 e. The zero-order valence-electron chi connectivity index (χ0n) is 15.1. The number of carbonyl (C=O) groups excluding carboxylic acids is 2. The maximum Gasteiger partial charge on any atom is 0.320 e.